The Morgan fingerprint density at radius 3 is 2.52 bits per heavy atom. The van der Waals surface area contributed by atoms with Gasteiger partial charge in [0, 0.05) is 27.8 Å². The summed E-state index contributed by atoms with van der Waals surface area (Å²) in [7, 11) is 0. The number of amides is 1. The summed E-state index contributed by atoms with van der Waals surface area (Å²) in [6, 6.07) is 15.7. The molecule has 0 unspecified atom stereocenters. The number of phenols is 1. The SMILES string of the molecule is Cc1c(Cl)cccc1-n1c(C)cc(/C=C(/C#N)C(=O)Nc2ccc(O)cc2)c1C. The van der Waals surface area contributed by atoms with Crippen molar-refractivity contribution in [1.82, 2.24) is 4.57 Å². The Kier molecular flexibility index (Phi) is 5.76. The van der Waals surface area contributed by atoms with Crippen LogP contribution in [-0.4, -0.2) is 15.6 Å². The van der Waals surface area contributed by atoms with Crippen molar-refractivity contribution in [3.05, 3.63) is 81.6 Å². The Bertz CT molecular complexity index is 1150. The zero-order chi connectivity index (χ0) is 21.1. The summed E-state index contributed by atoms with van der Waals surface area (Å²) in [5.74, 6) is -0.412. The van der Waals surface area contributed by atoms with Crippen molar-refractivity contribution in [2.75, 3.05) is 5.32 Å². The number of rotatable bonds is 4. The van der Waals surface area contributed by atoms with Crippen molar-refractivity contribution in [2.24, 2.45) is 0 Å². The summed E-state index contributed by atoms with van der Waals surface area (Å²) >= 11 is 6.27. The topological polar surface area (TPSA) is 78.0 Å². The molecule has 0 radical (unpaired) electrons. The van der Waals surface area contributed by atoms with Crippen LogP contribution in [-0.2, 0) is 4.79 Å². The number of carbonyl (C=O) groups is 1. The van der Waals surface area contributed by atoms with Gasteiger partial charge in [-0.05, 0) is 80.4 Å². The Morgan fingerprint density at radius 2 is 1.86 bits per heavy atom. The van der Waals surface area contributed by atoms with Gasteiger partial charge < -0.3 is 15.0 Å². The highest BCUT2D eigenvalue weighted by atomic mass is 35.5. The Morgan fingerprint density at radius 1 is 1.17 bits per heavy atom. The van der Waals surface area contributed by atoms with Crippen LogP contribution in [0.15, 0.2) is 54.1 Å². The second-order valence-electron chi connectivity index (χ2n) is 6.72. The quantitative estimate of drug-likeness (QED) is 0.351. The lowest BCUT2D eigenvalue weighted by Gasteiger charge is -2.13. The van der Waals surface area contributed by atoms with E-state index in [4.69, 9.17) is 11.6 Å². The maximum atomic E-state index is 12.5. The summed E-state index contributed by atoms with van der Waals surface area (Å²) in [4.78, 5) is 12.5. The van der Waals surface area contributed by atoms with E-state index < -0.39 is 5.91 Å². The molecule has 1 heterocycles. The average molecular weight is 406 g/mol. The van der Waals surface area contributed by atoms with Gasteiger partial charge in [0.25, 0.3) is 5.91 Å². The molecule has 2 N–H and O–H groups in total. The molecule has 0 aliphatic rings. The van der Waals surface area contributed by atoms with Crippen molar-refractivity contribution in [3.8, 4) is 17.5 Å². The van der Waals surface area contributed by atoms with Gasteiger partial charge in [0.05, 0.1) is 0 Å². The normalized spacial score (nSPS) is 11.2. The minimum Gasteiger partial charge on any atom is -0.508 e. The zero-order valence-electron chi connectivity index (χ0n) is 16.3. The summed E-state index contributed by atoms with van der Waals surface area (Å²) in [6.45, 7) is 5.86. The molecule has 3 aromatic rings. The number of carbonyl (C=O) groups excluding carboxylic acids is 1. The second-order valence-corrected chi connectivity index (χ2v) is 7.12. The highest BCUT2D eigenvalue weighted by Crippen LogP contribution is 2.28. The molecule has 146 valence electrons. The molecule has 0 saturated heterocycles. The number of hydrogen-bond donors (Lipinski definition) is 2. The lowest BCUT2D eigenvalue weighted by molar-refractivity contribution is -0.112. The van der Waals surface area contributed by atoms with E-state index in [1.165, 1.54) is 12.1 Å². The minimum atomic E-state index is -0.512. The fourth-order valence-corrected chi connectivity index (χ4v) is 3.36. The van der Waals surface area contributed by atoms with Crippen molar-refractivity contribution < 1.29 is 9.90 Å². The van der Waals surface area contributed by atoms with E-state index in [0.29, 0.717) is 10.7 Å². The second kappa shape index (κ2) is 8.26. The number of aromatic hydroxyl groups is 1. The molecule has 0 saturated carbocycles. The number of aromatic nitrogens is 1. The molecule has 0 atom stereocenters. The summed E-state index contributed by atoms with van der Waals surface area (Å²) in [6.07, 6.45) is 1.58. The van der Waals surface area contributed by atoms with Gasteiger partial charge in [-0.1, -0.05) is 17.7 Å². The number of nitrogens with one attached hydrogen (secondary N) is 1. The number of halogens is 1. The van der Waals surface area contributed by atoms with Gasteiger partial charge >= 0.3 is 0 Å². The molecular weight excluding hydrogens is 386 g/mol. The predicted octanol–water partition coefficient (Wildman–Crippen LogP) is 5.31. The van der Waals surface area contributed by atoms with E-state index in [0.717, 1.165) is 28.2 Å². The summed E-state index contributed by atoms with van der Waals surface area (Å²) < 4.78 is 2.06. The molecule has 0 fully saturated rings. The molecule has 2 aromatic carbocycles. The monoisotopic (exact) mass is 405 g/mol. The van der Waals surface area contributed by atoms with Crippen molar-refractivity contribution in [1.29, 1.82) is 5.26 Å². The van der Waals surface area contributed by atoms with E-state index in [9.17, 15) is 15.2 Å². The largest absolute Gasteiger partial charge is 0.508 e. The number of anilines is 1. The third-order valence-corrected chi connectivity index (χ3v) is 5.15. The van der Waals surface area contributed by atoms with Crippen LogP contribution in [0, 0.1) is 32.1 Å². The molecule has 3 rings (SSSR count). The van der Waals surface area contributed by atoms with E-state index in [1.807, 2.05) is 51.1 Å². The fourth-order valence-electron chi connectivity index (χ4n) is 3.19. The number of aryl methyl sites for hydroxylation is 1. The Balaban J connectivity index is 1.96. The van der Waals surface area contributed by atoms with E-state index in [1.54, 1.807) is 18.2 Å². The molecule has 29 heavy (non-hydrogen) atoms. The first kappa shape index (κ1) is 20.2. The van der Waals surface area contributed by atoms with Crippen LogP contribution in [0.4, 0.5) is 5.69 Å². The first-order valence-electron chi connectivity index (χ1n) is 8.98. The van der Waals surface area contributed by atoms with Gasteiger partial charge in [-0.15, -0.1) is 0 Å². The lowest BCUT2D eigenvalue weighted by atomic mass is 10.1. The van der Waals surface area contributed by atoms with E-state index in [-0.39, 0.29) is 11.3 Å². The van der Waals surface area contributed by atoms with E-state index >= 15 is 0 Å². The summed E-state index contributed by atoms with van der Waals surface area (Å²) in [5, 5.41) is 22.2. The molecule has 0 bridgehead atoms. The first-order valence-corrected chi connectivity index (χ1v) is 9.36. The van der Waals surface area contributed by atoms with Crippen molar-refractivity contribution in [3.63, 3.8) is 0 Å². The van der Waals surface area contributed by atoms with Crippen LogP contribution >= 0.6 is 11.6 Å². The standard InChI is InChI=1S/C23H20ClN3O2/c1-14-11-17(16(3)27(14)22-6-4-5-21(24)15(22)2)12-18(13-25)23(29)26-19-7-9-20(28)10-8-19/h4-12,28H,1-3H3,(H,26,29)/b18-12-. The minimum absolute atomic E-state index is 0.0128. The molecule has 6 heteroatoms. The third-order valence-electron chi connectivity index (χ3n) is 4.74. The average Bonchev–Trinajstić information content (AvgIpc) is 2.97. The van der Waals surface area contributed by atoms with Crippen LogP contribution < -0.4 is 5.32 Å². The van der Waals surface area contributed by atoms with Crippen LogP contribution in [0.25, 0.3) is 11.8 Å². The third kappa shape index (κ3) is 4.18. The zero-order valence-corrected chi connectivity index (χ0v) is 17.1. The van der Waals surface area contributed by atoms with Crippen LogP contribution in [0.5, 0.6) is 5.75 Å². The van der Waals surface area contributed by atoms with Gasteiger partial charge in [-0.3, -0.25) is 4.79 Å². The van der Waals surface area contributed by atoms with Gasteiger partial charge in [0.2, 0.25) is 0 Å². The van der Waals surface area contributed by atoms with Gasteiger partial charge in [-0.2, -0.15) is 5.26 Å². The van der Waals surface area contributed by atoms with Crippen molar-refractivity contribution in [2.45, 2.75) is 20.8 Å². The smallest absolute Gasteiger partial charge is 0.266 e. The van der Waals surface area contributed by atoms with Crippen molar-refractivity contribution >= 4 is 29.3 Å². The molecular formula is C23H20ClN3O2. The van der Waals surface area contributed by atoms with Gasteiger partial charge in [-0.25, -0.2) is 0 Å². The number of benzene rings is 2. The highest BCUT2D eigenvalue weighted by molar-refractivity contribution is 6.31. The first-order chi connectivity index (χ1) is 13.8. The maximum Gasteiger partial charge on any atom is 0.266 e. The summed E-state index contributed by atoms with van der Waals surface area (Å²) in [5.41, 5.74) is 5.04. The van der Waals surface area contributed by atoms with E-state index in [2.05, 4.69) is 9.88 Å². The van der Waals surface area contributed by atoms with Crippen LogP contribution in [0.2, 0.25) is 5.02 Å². The number of nitrogens with zero attached hydrogens (tertiary/aromatic N) is 2. The molecule has 5 nitrogen and oxygen atoms in total. The number of nitriles is 1. The van der Waals surface area contributed by atoms with Gasteiger partial charge in [0.15, 0.2) is 0 Å². The molecule has 0 aliphatic carbocycles. The maximum absolute atomic E-state index is 12.5. The Labute approximate surface area is 174 Å². The lowest BCUT2D eigenvalue weighted by Crippen LogP contribution is -2.13. The predicted molar refractivity (Wildman–Crippen MR) is 115 cm³/mol. The van der Waals surface area contributed by atoms with Gasteiger partial charge in [0.1, 0.15) is 17.4 Å². The Hall–Kier alpha value is -3.49. The molecule has 0 aliphatic heterocycles. The number of hydrogen-bond acceptors (Lipinski definition) is 3. The molecule has 0 spiro atoms. The molecule has 1 amide bonds. The highest BCUT2D eigenvalue weighted by Gasteiger charge is 2.15. The fraction of sp³-hybridized carbons (Fsp3) is 0.130. The molecule has 1 aromatic heterocycles. The van der Waals surface area contributed by atoms with Crippen LogP contribution in [0.3, 0.4) is 0 Å². The number of phenolic OH excluding ortho intramolecular Hbond substituents is 1. The van der Waals surface area contributed by atoms with Crippen LogP contribution in [0.1, 0.15) is 22.5 Å².